The van der Waals surface area contributed by atoms with Crippen molar-refractivity contribution in [2.45, 2.75) is 32.3 Å². The molecule has 0 saturated heterocycles. The van der Waals surface area contributed by atoms with E-state index in [4.69, 9.17) is 14.5 Å². The molecule has 0 atom stereocenters. The highest BCUT2D eigenvalue weighted by Gasteiger charge is 2.23. The Bertz CT molecular complexity index is 1020. The van der Waals surface area contributed by atoms with Crippen molar-refractivity contribution in [1.82, 2.24) is 4.98 Å². The summed E-state index contributed by atoms with van der Waals surface area (Å²) < 4.78 is 24.3. The molecule has 1 heterocycles. The molecule has 27 heavy (non-hydrogen) atoms. The molecule has 0 N–H and O–H groups in total. The van der Waals surface area contributed by atoms with Crippen LogP contribution in [0.1, 0.15) is 40.0 Å². The number of fused-ring (bicyclic) bond motifs is 2. The van der Waals surface area contributed by atoms with Crippen LogP contribution in [0.25, 0.3) is 10.9 Å². The molecule has 0 bridgehead atoms. The maximum atomic E-state index is 13.9. The van der Waals surface area contributed by atoms with Crippen LogP contribution in [-0.2, 0) is 24.2 Å². The molecule has 1 aliphatic rings. The highest BCUT2D eigenvalue weighted by Crippen LogP contribution is 2.30. The number of carbonyl (C=O) groups excluding carboxylic acids is 1. The van der Waals surface area contributed by atoms with Gasteiger partial charge in [-0.3, -0.25) is 4.98 Å². The summed E-state index contributed by atoms with van der Waals surface area (Å²) in [6.07, 6.45) is 3.83. The van der Waals surface area contributed by atoms with Crippen molar-refractivity contribution in [2.24, 2.45) is 0 Å². The first kappa shape index (κ1) is 17.5. The molecule has 0 spiro atoms. The van der Waals surface area contributed by atoms with E-state index in [1.54, 1.807) is 6.07 Å². The standard InChI is InChI=1S/C22H20FNO3/c1-26-20-11-10-14(12-17(20)23)13-27-22(25)21-15-6-2-4-8-18(15)24-19-9-5-3-7-16(19)21/h2,4,6,8,10-12H,3,5,7,9,13H2,1H3. The van der Waals surface area contributed by atoms with Crippen molar-refractivity contribution in [3.05, 3.63) is 70.7 Å². The van der Waals surface area contributed by atoms with E-state index in [0.29, 0.717) is 11.1 Å². The third kappa shape index (κ3) is 3.37. The van der Waals surface area contributed by atoms with Gasteiger partial charge in [0.2, 0.25) is 0 Å². The minimum Gasteiger partial charge on any atom is -0.494 e. The number of benzene rings is 2. The average Bonchev–Trinajstić information content (AvgIpc) is 2.70. The van der Waals surface area contributed by atoms with Crippen molar-refractivity contribution in [2.75, 3.05) is 7.11 Å². The fraction of sp³-hybridized carbons (Fsp3) is 0.273. The summed E-state index contributed by atoms with van der Waals surface area (Å²) >= 11 is 0. The first-order valence-corrected chi connectivity index (χ1v) is 9.07. The van der Waals surface area contributed by atoms with Crippen LogP contribution in [0.4, 0.5) is 4.39 Å². The average molecular weight is 365 g/mol. The van der Waals surface area contributed by atoms with Crippen LogP contribution in [0.5, 0.6) is 5.75 Å². The first-order chi connectivity index (χ1) is 13.2. The van der Waals surface area contributed by atoms with Crippen molar-refractivity contribution < 1.29 is 18.7 Å². The molecule has 0 saturated carbocycles. The van der Waals surface area contributed by atoms with Crippen LogP contribution in [-0.4, -0.2) is 18.1 Å². The monoisotopic (exact) mass is 365 g/mol. The van der Waals surface area contributed by atoms with E-state index in [1.807, 2.05) is 24.3 Å². The summed E-state index contributed by atoms with van der Waals surface area (Å²) in [5.41, 5.74) is 3.96. The quantitative estimate of drug-likeness (QED) is 0.633. The highest BCUT2D eigenvalue weighted by molar-refractivity contribution is 6.05. The lowest BCUT2D eigenvalue weighted by atomic mass is 9.90. The second kappa shape index (κ2) is 7.35. The van der Waals surface area contributed by atoms with Gasteiger partial charge in [0.1, 0.15) is 6.61 Å². The van der Waals surface area contributed by atoms with E-state index in [0.717, 1.165) is 47.8 Å². The maximum absolute atomic E-state index is 13.9. The van der Waals surface area contributed by atoms with Gasteiger partial charge in [0.15, 0.2) is 11.6 Å². The summed E-state index contributed by atoms with van der Waals surface area (Å²) in [5, 5.41) is 0.809. The van der Waals surface area contributed by atoms with Crippen molar-refractivity contribution >= 4 is 16.9 Å². The number of para-hydroxylation sites is 1. The van der Waals surface area contributed by atoms with Crippen molar-refractivity contribution in [3.8, 4) is 5.75 Å². The van der Waals surface area contributed by atoms with E-state index in [9.17, 15) is 9.18 Å². The number of esters is 1. The van der Waals surface area contributed by atoms with E-state index >= 15 is 0 Å². The van der Waals surface area contributed by atoms with Crippen LogP contribution in [0.3, 0.4) is 0 Å². The molecule has 4 nitrogen and oxygen atoms in total. The predicted octanol–water partition coefficient (Wildman–Crippen LogP) is 4.62. The van der Waals surface area contributed by atoms with Gasteiger partial charge in [-0.1, -0.05) is 24.3 Å². The van der Waals surface area contributed by atoms with Crippen LogP contribution < -0.4 is 4.74 Å². The Balaban J connectivity index is 1.65. The van der Waals surface area contributed by atoms with E-state index in [1.165, 1.54) is 19.2 Å². The first-order valence-electron chi connectivity index (χ1n) is 9.07. The Morgan fingerprint density at radius 2 is 1.96 bits per heavy atom. The third-order valence-corrected chi connectivity index (χ3v) is 4.96. The van der Waals surface area contributed by atoms with Crippen LogP contribution in [0.15, 0.2) is 42.5 Å². The van der Waals surface area contributed by atoms with Crippen molar-refractivity contribution in [3.63, 3.8) is 0 Å². The topological polar surface area (TPSA) is 48.4 Å². The summed E-state index contributed by atoms with van der Waals surface area (Å²) in [4.78, 5) is 17.7. The summed E-state index contributed by atoms with van der Waals surface area (Å²) in [5.74, 6) is -0.694. The number of halogens is 1. The lowest BCUT2D eigenvalue weighted by Gasteiger charge is -2.20. The smallest absolute Gasteiger partial charge is 0.339 e. The fourth-order valence-corrected chi connectivity index (χ4v) is 3.63. The lowest BCUT2D eigenvalue weighted by molar-refractivity contribution is 0.0473. The molecule has 5 heteroatoms. The second-order valence-electron chi connectivity index (χ2n) is 6.68. The number of pyridine rings is 1. The number of hydrogen-bond donors (Lipinski definition) is 0. The van der Waals surface area contributed by atoms with Gasteiger partial charge in [0.05, 0.1) is 18.2 Å². The third-order valence-electron chi connectivity index (χ3n) is 4.96. The molecule has 0 amide bonds. The minimum absolute atomic E-state index is 0.00513. The summed E-state index contributed by atoms with van der Waals surface area (Å²) in [6, 6.07) is 12.2. The zero-order valence-electron chi connectivity index (χ0n) is 15.1. The molecule has 4 rings (SSSR count). The minimum atomic E-state index is -0.474. The van der Waals surface area contributed by atoms with Crippen LogP contribution in [0.2, 0.25) is 0 Å². The predicted molar refractivity (Wildman–Crippen MR) is 100 cm³/mol. The van der Waals surface area contributed by atoms with E-state index < -0.39 is 5.82 Å². The van der Waals surface area contributed by atoms with Crippen molar-refractivity contribution in [1.29, 1.82) is 0 Å². The van der Waals surface area contributed by atoms with Gasteiger partial charge in [-0.25, -0.2) is 9.18 Å². The van der Waals surface area contributed by atoms with Gasteiger partial charge >= 0.3 is 5.97 Å². The number of carbonyl (C=O) groups is 1. The molecule has 0 aliphatic heterocycles. The van der Waals surface area contributed by atoms with Gasteiger partial charge in [0, 0.05) is 11.1 Å². The normalized spacial score (nSPS) is 13.3. The number of hydrogen-bond acceptors (Lipinski definition) is 4. The molecule has 0 fully saturated rings. The molecule has 138 valence electrons. The number of methoxy groups -OCH3 is 1. The molecule has 3 aromatic rings. The number of ether oxygens (including phenoxy) is 2. The van der Waals surface area contributed by atoms with Gasteiger partial charge in [-0.2, -0.15) is 0 Å². The summed E-state index contributed by atoms with van der Waals surface area (Å²) in [7, 11) is 1.41. The zero-order chi connectivity index (χ0) is 18.8. The van der Waals surface area contributed by atoms with Crippen LogP contribution in [0, 0.1) is 5.82 Å². The van der Waals surface area contributed by atoms with Gasteiger partial charge in [0.25, 0.3) is 0 Å². The summed E-state index contributed by atoms with van der Waals surface area (Å²) in [6.45, 7) is 0.00513. The van der Waals surface area contributed by atoms with E-state index in [2.05, 4.69) is 0 Å². The Morgan fingerprint density at radius 1 is 1.15 bits per heavy atom. The number of aryl methyl sites for hydroxylation is 1. The zero-order valence-corrected chi connectivity index (χ0v) is 15.1. The van der Waals surface area contributed by atoms with Gasteiger partial charge in [-0.05, 0) is 55.0 Å². The number of aromatic nitrogens is 1. The Morgan fingerprint density at radius 3 is 2.78 bits per heavy atom. The maximum Gasteiger partial charge on any atom is 0.339 e. The van der Waals surface area contributed by atoms with E-state index in [-0.39, 0.29) is 18.3 Å². The highest BCUT2D eigenvalue weighted by atomic mass is 19.1. The molecular weight excluding hydrogens is 345 g/mol. The number of rotatable bonds is 4. The fourth-order valence-electron chi connectivity index (χ4n) is 3.63. The molecule has 2 aromatic carbocycles. The Kier molecular flexibility index (Phi) is 4.75. The largest absolute Gasteiger partial charge is 0.494 e. The molecule has 1 aliphatic carbocycles. The number of nitrogens with zero attached hydrogens (tertiary/aromatic N) is 1. The molecular formula is C22H20FNO3. The second-order valence-corrected chi connectivity index (χ2v) is 6.68. The molecule has 0 unspecified atom stereocenters. The van der Waals surface area contributed by atoms with Crippen LogP contribution >= 0.6 is 0 Å². The van der Waals surface area contributed by atoms with Gasteiger partial charge < -0.3 is 9.47 Å². The Labute approximate surface area is 156 Å². The SMILES string of the molecule is COc1ccc(COC(=O)c2c3c(nc4ccccc24)CCCC3)cc1F. The molecule has 0 radical (unpaired) electrons. The molecule has 1 aromatic heterocycles. The Hall–Kier alpha value is -2.95. The van der Waals surface area contributed by atoms with Gasteiger partial charge in [-0.15, -0.1) is 0 Å². The lowest BCUT2D eigenvalue weighted by Crippen LogP contribution is -2.15.